The third-order valence-electron chi connectivity index (χ3n) is 2.87. The van der Waals surface area contributed by atoms with Crippen LogP contribution in [0, 0.1) is 0 Å². The van der Waals surface area contributed by atoms with Gasteiger partial charge in [0.1, 0.15) is 0 Å². The van der Waals surface area contributed by atoms with Crippen LogP contribution in [0.5, 0.6) is 0 Å². The fraction of sp³-hybridized carbons (Fsp3) is 0.0769. The molecule has 0 aliphatic carbocycles. The van der Waals surface area contributed by atoms with Crippen molar-refractivity contribution >= 4 is 24.0 Å². The topological polar surface area (TPSA) is 56.2 Å². The number of hydrogen-bond acceptors (Lipinski definition) is 3. The largest absolute Gasteiger partial charge is 0.416 e. The Morgan fingerprint density at radius 3 is 2.52 bits per heavy atom. The molecule has 0 bridgehead atoms. The molecule has 2 heterocycles. The molecule has 2 N–H and O–H groups in total. The maximum Gasteiger partial charge on any atom is 0.416 e. The van der Waals surface area contributed by atoms with E-state index in [2.05, 4.69) is 10.1 Å². The summed E-state index contributed by atoms with van der Waals surface area (Å²) in [5.74, 6) is 0.117. The van der Waals surface area contributed by atoms with Crippen LogP contribution < -0.4 is 5.73 Å². The maximum atomic E-state index is 12.7. The van der Waals surface area contributed by atoms with Gasteiger partial charge >= 0.3 is 6.18 Å². The van der Waals surface area contributed by atoms with Crippen LogP contribution in [0.25, 0.3) is 16.8 Å². The van der Waals surface area contributed by atoms with E-state index in [1.54, 1.807) is 24.4 Å². The first kappa shape index (κ1) is 15.1. The first-order chi connectivity index (χ1) is 9.43. The number of halogens is 4. The molecule has 0 aliphatic heterocycles. The number of rotatable bonds is 1. The smallest absolute Gasteiger partial charge is 0.366 e. The van der Waals surface area contributed by atoms with Crippen LogP contribution in [-0.2, 0) is 6.18 Å². The number of nitrogens with two attached hydrogens (primary N) is 1. The van der Waals surface area contributed by atoms with Crippen molar-refractivity contribution in [2.45, 2.75) is 6.18 Å². The molecule has 0 unspecified atom stereocenters. The summed E-state index contributed by atoms with van der Waals surface area (Å²) in [5, 5.41) is 3.93. The van der Waals surface area contributed by atoms with Crippen LogP contribution in [0.3, 0.4) is 0 Å². The number of fused-ring (bicyclic) bond motifs is 1. The SMILES string of the molecule is Cl.Nc1nc2ccc(-c3cccc(C(F)(F)F)c3)cn2n1. The van der Waals surface area contributed by atoms with E-state index in [0.717, 1.165) is 12.1 Å². The Balaban J connectivity index is 0.00000161. The number of alkyl halides is 3. The number of hydrogen-bond donors (Lipinski definition) is 1. The van der Waals surface area contributed by atoms with E-state index in [4.69, 9.17) is 5.73 Å². The zero-order valence-electron chi connectivity index (χ0n) is 10.5. The van der Waals surface area contributed by atoms with Crippen molar-refractivity contribution in [1.29, 1.82) is 0 Å². The van der Waals surface area contributed by atoms with Gasteiger partial charge in [0.25, 0.3) is 0 Å². The van der Waals surface area contributed by atoms with Crippen LogP contribution in [-0.4, -0.2) is 14.6 Å². The Morgan fingerprint density at radius 1 is 1.05 bits per heavy atom. The fourth-order valence-corrected chi connectivity index (χ4v) is 1.95. The van der Waals surface area contributed by atoms with Gasteiger partial charge in [-0.15, -0.1) is 17.5 Å². The molecule has 1 aromatic carbocycles. The van der Waals surface area contributed by atoms with Gasteiger partial charge in [0, 0.05) is 11.8 Å². The van der Waals surface area contributed by atoms with Crippen LogP contribution in [0.15, 0.2) is 42.6 Å². The van der Waals surface area contributed by atoms with Gasteiger partial charge in [0.15, 0.2) is 5.65 Å². The van der Waals surface area contributed by atoms with Gasteiger partial charge < -0.3 is 5.73 Å². The second-order valence-electron chi connectivity index (χ2n) is 4.27. The third kappa shape index (κ3) is 2.92. The van der Waals surface area contributed by atoms with E-state index in [1.165, 1.54) is 10.6 Å². The predicted octanol–water partition coefficient (Wildman–Crippen LogP) is 3.42. The first-order valence-corrected chi connectivity index (χ1v) is 5.73. The summed E-state index contributed by atoms with van der Waals surface area (Å²) in [6.07, 6.45) is -2.77. The molecule has 0 saturated heterocycles. The van der Waals surface area contributed by atoms with E-state index >= 15 is 0 Å². The highest BCUT2D eigenvalue weighted by Gasteiger charge is 2.30. The van der Waals surface area contributed by atoms with Crippen molar-refractivity contribution in [2.75, 3.05) is 5.73 Å². The molecule has 3 rings (SSSR count). The number of nitrogens with zero attached hydrogens (tertiary/aromatic N) is 3. The average molecular weight is 315 g/mol. The van der Waals surface area contributed by atoms with Gasteiger partial charge in [-0.1, -0.05) is 12.1 Å². The highest BCUT2D eigenvalue weighted by atomic mass is 35.5. The van der Waals surface area contributed by atoms with Crippen molar-refractivity contribution in [3.8, 4) is 11.1 Å². The van der Waals surface area contributed by atoms with E-state index in [-0.39, 0.29) is 18.4 Å². The Kier molecular flexibility index (Phi) is 3.78. The lowest BCUT2D eigenvalue weighted by atomic mass is 10.0. The monoisotopic (exact) mass is 314 g/mol. The Labute approximate surface area is 123 Å². The van der Waals surface area contributed by atoms with Gasteiger partial charge in [0.05, 0.1) is 5.56 Å². The maximum absolute atomic E-state index is 12.7. The normalized spacial score (nSPS) is 11.4. The van der Waals surface area contributed by atoms with Gasteiger partial charge in [-0.2, -0.15) is 18.2 Å². The lowest BCUT2D eigenvalue weighted by Gasteiger charge is -2.08. The molecule has 4 nitrogen and oxygen atoms in total. The minimum Gasteiger partial charge on any atom is -0.366 e. The minimum absolute atomic E-state index is 0. The summed E-state index contributed by atoms with van der Waals surface area (Å²) >= 11 is 0. The zero-order chi connectivity index (χ0) is 14.3. The van der Waals surface area contributed by atoms with Crippen LogP contribution in [0.1, 0.15) is 5.56 Å². The Hall–Kier alpha value is -2.28. The van der Waals surface area contributed by atoms with Gasteiger partial charge in [0.2, 0.25) is 5.95 Å². The van der Waals surface area contributed by atoms with Crippen LogP contribution >= 0.6 is 12.4 Å². The van der Waals surface area contributed by atoms with Crippen LogP contribution in [0.4, 0.5) is 19.1 Å². The number of aromatic nitrogens is 3. The highest BCUT2D eigenvalue weighted by molar-refractivity contribution is 5.85. The summed E-state index contributed by atoms with van der Waals surface area (Å²) in [7, 11) is 0. The first-order valence-electron chi connectivity index (χ1n) is 5.73. The molecule has 3 aromatic rings. The number of pyridine rings is 1. The van der Waals surface area contributed by atoms with Crippen molar-refractivity contribution < 1.29 is 13.2 Å². The number of anilines is 1. The average Bonchev–Trinajstić information content (AvgIpc) is 2.77. The number of nitrogen functional groups attached to an aromatic ring is 1. The standard InChI is InChI=1S/C13H9F3N4.ClH/c14-13(15,16)10-3-1-2-8(6-10)9-4-5-11-18-12(17)19-20(11)7-9;/h1-7H,(H2,17,19);1H. The van der Waals surface area contributed by atoms with E-state index < -0.39 is 11.7 Å². The Morgan fingerprint density at radius 2 is 1.81 bits per heavy atom. The zero-order valence-corrected chi connectivity index (χ0v) is 11.3. The summed E-state index contributed by atoms with van der Waals surface area (Å²) in [6, 6.07) is 8.45. The van der Waals surface area contributed by atoms with Gasteiger partial charge in [-0.3, -0.25) is 0 Å². The molecule has 0 atom stereocenters. The van der Waals surface area contributed by atoms with E-state index in [1.807, 2.05) is 0 Å². The second-order valence-corrected chi connectivity index (χ2v) is 4.27. The summed E-state index contributed by atoms with van der Waals surface area (Å²) in [4.78, 5) is 3.95. The molecule has 110 valence electrons. The highest BCUT2D eigenvalue weighted by Crippen LogP contribution is 2.32. The summed E-state index contributed by atoms with van der Waals surface area (Å²) in [6.45, 7) is 0. The molecule has 21 heavy (non-hydrogen) atoms. The minimum atomic E-state index is -4.36. The molecule has 0 spiro atoms. The molecule has 0 amide bonds. The molecule has 2 aromatic heterocycles. The number of benzene rings is 1. The Bertz CT molecular complexity index is 782. The molecule has 8 heteroatoms. The van der Waals surface area contributed by atoms with Gasteiger partial charge in [-0.25, -0.2) is 4.52 Å². The lowest BCUT2D eigenvalue weighted by molar-refractivity contribution is -0.137. The van der Waals surface area contributed by atoms with Crippen LogP contribution in [0.2, 0.25) is 0 Å². The van der Waals surface area contributed by atoms with Crippen molar-refractivity contribution in [2.24, 2.45) is 0 Å². The predicted molar refractivity (Wildman–Crippen MR) is 75.1 cm³/mol. The summed E-state index contributed by atoms with van der Waals surface area (Å²) in [5.41, 5.74) is 6.38. The lowest BCUT2D eigenvalue weighted by Crippen LogP contribution is -2.04. The second kappa shape index (κ2) is 5.25. The molecular formula is C13H10ClF3N4. The molecular weight excluding hydrogens is 305 g/mol. The molecule has 0 aliphatic rings. The molecule has 0 radical (unpaired) electrons. The quantitative estimate of drug-likeness (QED) is 0.749. The van der Waals surface area contributed by atoms with E-state index in [9.17, 15) is 13.2 Å². The molecule has 0 fully saturated rings. The summed E-state index contributed by atoms with van der Waals surface area (Å²) < 4.78 is 39.5. The van der Waals surface area contributed by atoms with Crippen molar-refractivity contribution in [1.82, 2.24) is 14.6 Å². The molecule has 0 saturated carbocycles. The van der Waals surface area contributed by atoms with Gasteiger partial charge in [-0.05, 0) is 29.8 Å². The van der Waals surface area contributed by atoms with Crippen molar-refractivity contribution in [3.05, 3.63) is 48.2 Å². The third-order valence-corrected chi connectivity index (χ3v) is 2.87. The van der Waals surface area contributed by atoms with E-state index in [0.29, 0.717) is 16.8 Å². The van der Waals surface area contributed by atoms with Crippen molar-refractivity contribution in [3.63, 3.8) is 0 Å². The fourth-order valence-electron chi connectivity index (χ4n) is 1.95.